The van der Waals surface area contributed by atoms with E-state index in [0.29, 0.717) is 11.3 Å². The fourth-order valence-electron chi connectivity index (χ4n) is 2.41. The second-order valence-electron chi connectivity index (χ2n) is 5.59. The number of aromatic nitrogens is 1. The number of amides is 1. The van der Waals surface area contributed by atoms with Gasteiger partial charge in [-0.25, -0.2) is 4.98 Å². The fraction of sp³-hybridized carbons (Fsp3) is 0.158. The molecule has 3 rings (SSSR count). The molecule has 2 aromatic carbocycles. The molecule has 0 bridgehead atoms. The van der Waals surface area contributed by atoms with Gasteiger partial charge in [0.05, 0.1) is 17.3 Å². The van der Waals surface area contributed by atoms with Gasteiger partial charge in [0, 0.05) is 22.2 Å². The smallest absolute Gasteiger partial charge is 0.255 e. The highest BCUT2D eigenvalue weighted by molar-refractivity contribution is 7.09. The molecule has 0 saturated heterocycles. The van der Waals surface area contributed by atoms with Crippen LogP contribution in [-0.4, -0.2) is 16.0 Å². The number of aliphatic hydroxyl groups excluding tert-OH is 1. The summed E-state index contributed by atoms with van der Waals surface area (Å²) in [4.78, 5) is 17.0. The second kappa shape index (κ2) is 6.95. The van der Waals surface area contributed by atoms with E-state index >= 15 is 0 Å². The molecule has 122 valence electrons. The third-order valence-electron chi connectivity index (χ3n) is 3.77. The maximum atomic E-state index is 12.6. The Kier molecular flexibility index (Phi) is 4.74. The Morgan fingerprint density at radius 1 is 1.21 bits per heavy atom. The third kappa shape index (κ3) is 3.53. The zero-order chi connectivity index (χ0) is 17.1. The standard InChI is InChI=1S/C19H18N2O2S/c1-12-6-7-14(10-22)8-17(12)21-19(23)16-5-3-4-15(9-16)18-11-24-13(2)20-18/h3-9,11,22H,10H2,1-2H3,(H,21,23). The fourth-order valence-corrected chi connectivity index (χ4v) is 3.03. The van der Waals surface area contributed by atoms with Crippen molar-refractivity contribution in [3.63, 3.8) is 0 Å². The molecule has 1 amide bonds. The van der Waals surface area contributed by atoms with Crippen LogP contribution in [0.1, 0.15) is 26.5 Å². The lowest BCUT2D eigenvalue weighted by Gasteiger charge is -2.10. The lowest BCUT2D eigenvalue weighted by Crippen LogP contribution is -2.13. The number of hydrogen-bond donors (Lipinski definition) is 2. The van der Waals surface area contributed by atoms with Crippen LogP contribution >= 0.6 is 11.3 Å². The second-order valence-corrected chi connectivity index (χ2v) is 6.66. The largest absolute Gasteiger partial charge is 0.392 e. The molecule has 0 aliphatic rings. The Hall–Kier alpha value is -2.50. The summed E-state index contributed by atoms with van der Waals surface area (Å²) >= 11 is 1.59. The molecule has 3 aromatic rings. The SMILES string of the molecule is Cc1nc(-c2cccc(C(=O)Nc3cc(CO)ccc3C)c2)cs1. The van der Waals surface area contributed by atoms with Gasteiger partial charge >= 0.3 is 0 Å². The Labute approximate surface area is 144 Å². The summed E-state index contributed by atoms with van der Waals surface area (Å²) in [6.45, 7) is 3.83. The van der Waals surface area contributed by atoms with Gasteiger partial charge in [-0.3, -0.25) is 4.79 Å². The minimum absolute atomic E-state index is 0.0538. The summed E-state index contributed by atoms with van der Waals surface area (Å²) in [6, 6.07) is 12.9. The van der Waals surface area contributed by atoms with Gasteiger partial charge in [-0.2, -0.15) is 0 Å². The van der Waals surface area contributed by atoms with E-state index in [2.05, 4.69) is 10.3 Å². The minimum Gasteiger partial charge on any atom is -0.392 e. The first-order valence-electron chi connectivity index (χ1n) is 7.61. The summed E-state index contributed by atoms with van der Waals surface area (Å²) in [5.41, 5.74) is 4.81. The van der Waals surface area contributed by atoms with Crippen molar-refractivity contribution in [2.75, 3.05) is 5.32 Å². The topological polar surface area (TPSA) is 62.2 Å². The van der Waals surface area contributed by atoms with Crippen LogP contribution in [0.2, 0.25) is 0 Å². The molecule has 0 radical (unpaired) electrons. The predicted octanol–water partition coefficient (Wildman–Crippen LogP) is 4.17. The number of carbonyl (C=O) groups is 1. The van der Waals surface area contributed by atoms with Crippen molar-refractivity contribution in [2.24, 2.45) is 0 Å². The lowest BCUT2D eigenvalue weighted by molar-refractivity contribution is 0.102. The maximum Gasteiger partial charge on any atom is 0.255 e. The van der Waals surface area contributed by atoms with E-state index < -0.39 is 0 Å². The number of aliphatic hydroxyl groups is 1. The number of aryl methyl sites for hydroxylation is 2. The first-order chi connectivity index (χ1) is 11.6. The first-order valence-corrected chi connectivity index (χ1v) is 8.49. The highest BCUT2D eigenvalue weighted by Crippen LogP contribution is 2.23. The van der Waals surface area contributed by atoms with Crippen LogP contribution in [-0.2, 0) is 6.61 Å². The van der Waals surface area contributed by atoms with Crippen LogP contribution in [0.15, 0.2) is 47.8 Å². The third-order valence-corrected chi connectivity index (χ3v) is 4.55. The van der Waals surface area contributed by atoms with E-state index in [1.54, 1.807) is 23.5 Å². The molecule has 0 fully saturated rings. The first kappa shape index (κ1) is 16.4. The predicted molar refractivity (Wildman–Crippen MR) is 97.3 cm³/mol. The van der Waals surface area contributed by atoms with Gasteiger partial charge in [-0.1, -0.05) is 24.3 Å². The van der Waals surface area contributed by atoms with Gasteiger partial charge in [-0.15, -0.1) is 11.3 Å². The number of anilines is 1. The Morgan fingerprint density at radius 3 is 2.75 bits per heavy atom. The molecule has 0 aliphatic carbocycles. The Morgan fingerprint density at radius 2 is 2.04 bits per heavy atom. The summed E-state index contributed by atoms with van der Waals surface area (Å²) < 4.78 is 0. The highest BCUT2D eigenvalue weighted by Gasteiger charge is 2.10. The van der Waals surface area contributed by atoms with E-state index in [-0.39, 0.29) is 12.5 Å². The number of hydrogen-bond acceptors (Lipinski definition) is 4. The van der Waals surface area contributed by atoms with Gasteiger partial charge in [0.25, 0.3) is 5.91 Å². The Balaban J connectivity index is 1.85. The summed E-state index contributed by atoms with van der Waals surface area (Å²) in [7, 11) is 0. The number of rotatable bonds is 4. The van der Waals surface area contributed by atoms with Crippen molar-refractivity contribution in [1.29, 1.82) is 0 Å². The van der Waals surface area contributed by atoms with Crippen LogP contribution in [0, 0.1) is 13.8 Å². The molecule has 1 heterocycles. The van der Waals surface area contributed by atoms with Gasteiger partial charge in [-0.05, 0) is 43.2 Å². The molecule has 0 aliphatic heterocycles. The molecule has 0 saturated carbocycles. The van der Waals surface area contributed by atoms with Gasteiger partial charge in [0.15, 0.2) is 0 Å². The molecule has 0 atom stereocenters. The van der Waals surface area contributed by atoms with Crippen molar-refractivity contribution in [3.05, 3.63) is 69.5 Å². The minimum atomic E-state index is -0.179. The maximum absolute atomic E-state index is 12.6. The van der Waals surface area contributed by atoms with Crippen LogP contribution in [0.3, 0.4) is 0 Å². The zero-order valence-electron chi connectivity index (χ0n) is 13.5. The number of carbonyl (C=O) groups excluding carboxylic acids is 1. The zero-order valence-corrected chi connectivity index (χ0v) is 14.4. The summed E-state index contributed by atoms with van der Waals surface area (Å²) in [5, 5.41) is 15.2. The number of benzene rings is 2. The van der Waals surface area contributed by atoms with Crippen molar-refractivity contribution in [2.45, 2.75) is 20.5 Å². The van der Waals surface area contributed by atoms with Crippen LogP contribution in [0.25, 0.3) is 11.3 Å². The van der Waals surface area contributed by atoms with E-state index in [4.69, 9.17) is 0 Å². The van der Waals surface area contributed by atoms with Gasteiger partial charge in [0.1, 0.15) is 0 Å². The number of thiazole rings is 1. The van der Waals surface area contributed by atoms with Crippen molar-refractivity contribution in [3.8, 4) is 11.3 Å². The van der Waals surface area contributed by atoms with Crippen LogP contribution in [0.4, 0.5) is 5.69 Å². The molecule has 24 heavy (non-hydrogen) atoms. The van der Waals surface area contributed by atoms with E-state index in [0.717, 1.165) is 27.4 Å². The summed E-state index contributed by atoms with van der Waals surface area (Å²) in [5.74, 6) is -0.179. The van der Waals surface area contributed by atoms with Crippen LogP contribution < -0.4 is 5.32 Å². The molecule has 0 spiro atoms. The Bertz CT molecular complexity index is 887. The molecule has 2 N–H and O–H groups in total. The number of nitrogens with zero attached hydrogens (tertiary/aromatic N) is 1. The van der Waals surface area contributed by atoms with Crippen molar-refractivity contribution < 1.29 is 9.90 Å². The van der Waals surface area contributed by atoms with Gasteiger partial charge < -0.3 is 10.4 Å². The normalized spacial score (nSPS) is 10.6. The van der Waals surface area contributed by atoms with Crippen molar-refractivity contribution in [1.82, 2.24) is 4.98 Å². The monoisotopic (exact) mass is 338 g/mol. The van der Waals surface area contributed by atoms with E-state index in [1.165, 1.54) is 0 Å². The van der Waals surface area contributed by atoms with E-state index in [9.17, 15) is 9.90 Å². The highest BCUT2D eigenvalue weighted by atomic mass is 32.1. The molecular weight excluding hydrogens is 320 g/mol. The van der Waals surface area contributed by atoms with Crippen molar-refractivity contribution >= 4 is 22.9 Å². The molecular formula is C19H18N2O2S. The van der Waals surface area contributed by atoms with E-state index in [1.807, 2.05) is 49.6 Å². The van der Waals surface area contributed by atoms with Crippen LogP contribution in [0.5, 0.6) is 0 Å². The van der Waals surface area contributed by atoms with Gasteiger partial charge in [0.2, 0.25) is 0 Å². The average molecular weight is 338 g/mol. The lowest BCUT2D eigenvalue weighted by atomic mass is 10.1. The molecule has 0 unspecified atom stereocenters. The average Bonchev–Trinajstić information content (AvgIpc) is 3.03. The molecule has 1 aromatic heterocycles. The molecule has 5 heteroatoms. The number of nitrogens with one attached hydrogen (secondary N) is 1. The summed E-state index contributed by atoms with van der Waals surface area (Å²) in [6.07, 6.45) is 0. The molecule has 4 nitrogen and oxygen atoms in total. The quantitative estimate of drug-likeness (QED) is 0.750.